The van der Waals surface area contributed by atoms with Gasteiger partial charge in [0, 0.05) is 30.4 Å². The second kappa shape index (κ2) is 5.40. The average Bonchev–Trinajstić information content (AvgIpc) is 3.10. The van der Waals surface area contributed by atoms with Crippen molar-refractivity contribution >= 4 is 23.2 Å². The number of hydrogen-bond acceptors (Lipinski definition) is 4. The molecule has 1 aliphatic heterocycles. The first kappa shape index (κ1) is 13.4. The summed E-state index contributed by atoms with van der Waals surface area (Å²) in [6.07, 6.45) is 2.91. The number of aromatic nitrogens is 1. The van der Waals surface area contributed by atoms with Crippen LogP contribution in [0.4, 0.5) is 11.4 Å². The Morgan fingerprint density at radius 3 is 2.86 bits per heavy atom. The number of aryl methyl sites for hydroxylation is 1. The van der Waals surface area contributed by atoms with Gasteiger partial charge in [-0.25, -0.2) is 0 Å². The largest absolute Gasteiger partial charge is 0.351 e. The van der Waals surface area contributed by atoms with Gasteiger partial charge in [0.15, 0.2) is 0 Å². The maximum Gasteiger partial charge on any atom is 0.294 e. The second-order valence-corrected chi connectivity index (χ2v) is 4.98. The number of nitrogens with one attached hydrogen (secondary N) is 1. The van der Waals surface area contributed by atoms with Crippen LogP contribution < -0.4 is 10.2 Å². The van der Waals surface area contributed by atoms with Crippen LogP contribution in [0.25, 0.3) is 0 Å². The normalized spacial score (nSPS) is 14.5. The Labute approximate surface area is 121 Å². The molecule has 3 rings (SSSR count). The van der Waals surface area contributed by atoms with E-state index in [4.69, 9.17) is 4.52 Å². The van der Waals surface area contributed by atoms with E-state index in [2.05, 4.69) is 10.5 Å². The number of nitrogens with zero attached hydrogens (tertiary/aromatic N) is 2. The summed E-state index contributed by atoms with van der Waals surface area (Å²) >= 11 is 0. The van der Waals surface area contributed by atoms with Gasteiger partial charge in [0.1, 0.15) is 0 Å². The van der Waals surface area contributed by atoms with Gasteiger partial charge in [0.25, 0.3) is 5.91 Å². The van der Waals surface area contributed by atoms with Crippen molar-refractivity contribution in [1.29, 1.82) is 0 Å². The molecule has 0 unspecified atom stereocenters. The maximum absolute atomic E-state index is 11.9. The summed E-state index contributed by atoms with van der Waals surface area (Å²) in [6.45, 7) is 2.68. The van der Waals surface area contributed by atoms with Crippen LogP contribution in [0.5, 0.6) is 0 Å². The van der Waals surface area contributed by atoms with E-state index in [1.165, 1.54) is 12.3 Å². The minimum Gasteiger partial charge on any atom is -0.351 e. The monoisotopic (exact) mass is 285 g/mol. The predicted octanol–water partition coefficient (Wildman–Crippen LogP) is 2.36. The number of carbonyl (C=O) groups excluding carboxylic acids is 2. The molecule has 2 heterocycles. The fourth-order valence-corrected chi connectivity index (χ4v) is 2.46. The van der Waals surface area contributed by atoms with E-state index in [0.29, 0.717) is 12.1 Å². The van der Waals surface area contributed by atoms with E-state index in [0.717, 1.165) is 24.2 Å². The Balaban J connectivity index is 1.78. The van der Waals surface area contributed by atoms with Gasteiger partial charge in [0.2, 0.25) is 11.7 Å². The van der Waals surface area contributed by atoms with Gasteiger partial charge in [-0.3, -0.25) is 9.59 Å². The van der Waals surface area contributed by atoms with Crippen LogP contribution in [-0.4, -0.2) is 23.5 Å². The van der Waals surface area contributed by atoms with E-state index in [1.54, 1.807) is 11.0 Å². The van der Waals surface area contributed by atoms with Gasteiger partial charge in [-0.15, -0.1) is 0 Å². The van der Waals surface area contributed by atoms with E-state index in [9.17, 15) is 9.59 Å². The van der Waals surface area contributed by atoms with Crippen molar-refractivity contribution in [2.24, 2.45) is 0 Å². The van der Waals surface area contributed by atoms with Crippen molar-refractivity contribution in [1.82, 2.24) is 5.16 Å². The Morgan fingerprint density at radius 2 is 2.24 bits per heavy atom. The summed E-state index contributed by atoms with van der Waals surface area (Å²) in [5, 5.41) is 6.24. The van der Waals surface area contributed by atoms with Crippen LogP contribution in [-0.2, 0) is 4.79 Å². The summed E-state index contributed by atoms with van der Waals surface area (Å²) in [6, 6.07) is 6.98. The predicted molar refractivity (Wildman–Crippen MR) is 77.2 cm³/mol. The Bertz CT molecular complexity index is 679. The minimum absolute atomic E-state index is 0.150. The SMILES string of the molecule is Cc1cc(NC(=O)c2ccno2)ccc1N1CCCC1=O. The van der Waals surface area contributed by atoms with Gasteiger partial charge in [-0.1, -0.05) is 5.16 Å². The number of rotatable bonds is 3. The maximum atomic E-state index is 11.9. The molecule has 1 fully saturated rings. The molecular weight excluding hydrogens is 270 g/mol. The minimum atomic E-state index is -0.350. The van der Waals surface area contributed by atoms with Crippen LogP contribution in [0.3, 0.4) is 0 Å². The number of amides is 2. The van der Waals surface area contributed by atoms with E-state index >= 15 is 0 Å². The Morgan fingerprint density at radius 1 is 1.38 bits per heavy atom. The van der Waals surface area contributed by atoms with Gasteiger partial charge in [0.05, 0.1) is 6.20 Å². The summed E-state index contributed by atoms with van der Waals surface area (Å²) in [7, 11) is 0. The highest BCUT2D eigenvalue weighted by molar-refractivity contribution is 6.02. The third-order valence-electron chi connectivity index (χ3n) is 3.48. The quantitative estimate of drug-likeness (QED) is 0.939. The lowest BCUT2D eigenvalue weighted by Crippen LogP contribution is -2.24. The lowest BCUT2D eigenvalue weighted by atomic mass is 10.1. The molecule has 0 spiro atoms. The van der Waals surface area contributed by atoms with Crippen LogP contribution in [0.15, 0.2) is 35.0 Å². The fraction of sp³-hybridized carbons (Fsp3) is 0.267. The van der Waals surface area contributed by atoms with Crippen molar-refractivity contribution in [3.05, 3.63) is 41.8 Å². The summed E-state index contributed by atoms with van der Waals surface area (Å²) < 4.78 is 4.80. The topological polar surface area (TPSA) is 75.4 Å². The van der Waals surface area contributed by atoms with Crippen molar-refractivity contribution in [2.45, 2.75) is 19.8 Å². The average molecular weight is 285 g/mol. The smallest absolute Gasteiger partial charge is 0.294 e. The fourth-order valence-electron chi connectivity index (χ4n) is 2.46. The third-order valence-corrected chi connectivity index (χ3v) is 3.48. The molecule has 0 atom stereocenters. The molecule has 6 nitrogen and oxygen atoms in total. The van der Waals surface area contributed by atoms with E-state index in [1.807, 2.05) is 19.1 Å². The van der Waals surface area contributed by atoms with Crippen molar-refractivity contribution in [2.75, 3.05) is 16.8 Å². The molecule has 0 saturated carbocycles. The molecule has 1 aliphatic rings. The second-order valence-electron chi connectivity index (χ2n) is 4.98. The van der Waals surface area contributed by atoms with E-state index in [-0.39, 0.29) is 17.6 Å². The van der Waals surface area contributed by atoms with Gasteiger partial charge in [-0.05, 0) is 37.1 Å². The molecule has 1 aromatic heterocycles. The molecule has 1 saturated heterocycles. The van der Waals surface area contributed by atoms with Crippen LogP contribution in [0.2, 0.25) is 0 Å². The van der Waals surface area contributed by atoms with Gasteiger partial charge < -0.3 is 14.7 Å². The van der Waals surface area contributed by atoms with Crippen LogP contribution >= 0.6 is 0 Å². The summed E-state index contributed by atoms with van der Waals surface area (Å²) in [4.78, 5) is 25.4. The molecule has 0 aliphatic carbocycles. The molecular formula is C15H15N3O3. The zero-order valence-corrected chi connectivity index (χ0v) is 11.6. The molecule has 6 heteroatoms. The standard InChI is InChI=1S/C15H15N3O3/c1-10-9-11(17-15(20)13-6-7-16-21-13)4-5-12(10)18-8-2-3-14(18)19/h4-7,9H,2-3,8H2,1H3,(H,17,20). The van der Waals surface area contributed by atoms with Gasteiger partial charge >= 0.3 is 0 Å². The molecule has 2 aromatic rings. The molecule has 2 amide bonds. The molecule has 21 heavy (non-hydrogen) atoms. The number of anilines is 2. The first-order valence-electron chi connectivity index (χ1n) is 6.78. The zero-order chi connectivity index (χ0) is 14.8. The molecule has 0 radical (unpaired) electrons. The van der Waals surface area contributed by atoms with Crippen LogP contribution in [0, 0.1) is 6.92 Å². The third kappa shape index (κ3) is 2.65. The van der Waals surface area contributed by atoms with E-state index < -0.39 is 0 Å². The molecule has 1 aromatic carbocycles. The first-order chi connectivity index (χ1) is 10.1. The summed E-state index contributed by atoms with van der Waals surface area (Å²) in [5.41, 5.74) is 2.50. The molecule has 1 N–H and O–H groups in total. The highest BCUT2D eigenvalue weighted by Crippen LogP contribution is 2.27. The van der Waals surface area contributed by atoms with Crippen molar-refractivity contribution < 1.29 is 14.1 Å². The number of carbonyl (C=O) groups is 2. The highest BCUT2D eigenvalue weighted by atomic mass is 16.5. The van der Waals surface area contributed by atoms with Crippen molar-refractivity contribution in [3.8, 4) is 0 Å². The lowest BCUT2D eigenvalue weighted by Gasteiger charge is -2.19. The molecule has 0 bridgehead atoms. The summed E-state index contributed by atoms with van der Waals surface area (Å²) in [5.74, 6) is -0.0418. The zero-order valence-electron chi connectivity index (χ0n) is 11.6. The molecule has 108 valence electrons. The Hall–Kier alpha value is -2.63. The number of hydrogen-bond donors (Lipinski definition) is 1. The Kier molecular flexibility index (Phi) is 3.43. The van der Waals surface area contributed by atoms with Crippen LogP contribution in [0.1, 0.15) is 29.0 Å². The lowest BCUT2D eigenvalue weighted by molar-refractivity contribution is -0.117. The van der Waals surface area contributed by atoms with Crippen molar-refractivity contribution in [3.63, 3.8) is 0 Å². The van der Waals surface area contributed by atoms with Gasteiger partial charge in [-0.2, -0.15) is 0 Å². The first-order valence-corrected chi connectivity index (χ1v) is 6.78. The highest BCUT2D eigenvalue weighted by Gasteiger charge is 2.23. The number of benzene rings is 1.